The lowest BCUT2D eigenvalue weighted by Crippen LogP contribution is -2.17. The van der Waals surface area contributed by atoms with E-state index in [2.05, 4.69) is 4.72 Å². The molecule has 0 aliphatic rings. The quantitative estimate of drug-likeness (QED) is 0.847. The molecule has 0 radical (unpaired) electrons. The molecule has 5 heteroatoms. The van der Waals surface area contributed by atoms with Crippen LogP contribution in [0.25, 0.3) is 0 Å². The van der Waals surface area contributed by atoms with Crippen LogP contribution in [0.5, 0.6) is 5.75 Å². The summed E-state index contributed by atoms with van der Waals surface area (Å²) in [5.74, 6) is -0.0803. The van der Waals surface area contributed by atoms with Crippen molar-refractivity contribution >= 4 is 15.7 Å². The molecule has 2 aromatic carbocycles. The molecule has 0 saturated carbocycles. The molecule has 0 unspecified atom stereocenters. The molecule has 0 aliphatic heterocycles. The van der Waals surface area contributed by atoms with Crippen LogP contribution in [0.1, 0.15) is 27.8 Å². The number of nitrogens with one attached hydrogen (secondary N) is 1. The van der Waals surface area contributed by atoms with Gasteiger partial charge in [-0.2, -0.15) is 0 Å². The van der Waals surface area contributed by atoms with Crippen LogP contribution < -0.4 is 4.72 Å². The third kappa shape index (κ3) is 2.95. The summed E-state index contributed by atoms with van der Waals surface area (Å²) in [7, 11) is -3.77. The van der Waals surface area contributed by atoms with E-state index in [-0.39, 0.29) is 16.3 Å². The van der Waals surface area contributed by atoms with Crippen molar-refractivity contribution < 1.29 is 13.5 Å². The van der Waals surface area contributed by atoms with Gasteiger partial charge in [0, 0.05) is 0 Å². The second-order valence-electron chi connectivity index (χ2n) is 5.72. The fraction of sp³-hybridized carbons (Fsp3) is 0.294. The van der Waals surface area contributed by atoms with Gasteiger partial charge in [-0.3, -0.25) is 4.72 Å². The molecule has 0 saturated heterocycles. The highest BCUT2D eigenvalue weighted by Gasteiger charge is 2.23. The zero-order valence-corrected chi connectivity index (χ0v) is 14.3. The highest BCUT2D eigenvalue weighted by molar-refractivity contribution is 7.92. The normalized spacial score (nSPS) is 11.5. The second-order valence-corrected chi connectivity index (χ2v) is 7.33. The van der Waals surface area contributed by atoms with Gasteiger partial charge in [0.2, 0.25) is 0 Å². The van der Waals surface area contributed by atoms with E-state index in [9.17, 15) is 13.5 Å². The van der Waals surface area contributed by atoms with Crippen LogP contribution in [0.15, 0.2) is 29.2 Å². The van der Waals surface area contributed by atoms with Crippen molar-refractivity contribution in [3.05, 3.63) is 52.1 Å². The van der Waals surface area contributed by atoms with E-state index in [0.717, 1.165) is 27.8 Å². The molecule has 0 aromatic heterocycles. The minimum Gasteiger partial charge on any atom is -0.506 e. The smallest absolute Gasteiger partial charge is 0.262 e. The number of aromatic hydroxyl groups is 1. The summed E-state index contributed by atoms with van der Waals surface area (Å²) in [6, 6.07) is 6.82. The van der Waals surface area contributed by atoms with Gasteiger partial charge in [0.05, 0.1) is 10.6 Å². The average Bonchev–Trinajstić information content (AvgIpc) is 2.40. The maximum absolute atomic E-state index is 12.8. The van der Waals surface area contributed by atoms with Crippen molar-refractivity contribution in [3.63, 3.8) is 0 Å². The third-order valence-corrected chi connectivity index (χ3v) is 5.60. The first kappa shape index (κ1) is 16.4. The SMILES string of the molecule is Cc1ccc(NS(=O)(=O)c2c(C)c(C)cc(C)c2C)c(O)c1. The molecule has 0 fully saturated rings. The van der Waals surface area contributed by atoms with Crippen LogP contribution in [0.2, 0.25) is 0 Å². The number of benzene rings is 2. The van der Waals surface area contributed by atoms with Crippen molar-refractivity contribution in [2.24, 2.45) is 0 Å². The highest BCUT2D eigenvalue weighted by Crippen LogP contribution is 2.31. The number of sulfonamides is 1. The van der Waals surface area contributed by atoms with Gasteiger partial charge >= 0.3 is 0 Å². The number of phenols is 1. The Balaban J connectivity index is 2.57. The summed E-state index contributed by atoms with van der Waals surface area (Å²) in [6.07, 6.45) is 0. The number of anilines is 1. The summed E-state index contributed by atoms with van der Waals surface area (Å²) in [6.45, 7) is 9.21. The summed E-state index contributed by atoms with van der Waals surface area (Å²) < 4.78 is 28.0. The van der Waals surface area contributed by atoms with Gasteiger partial charge in [-0.05, 0) is 74.6 Å². The Morgan fingerprint density at radius 1 is 0.909 bits per heavy atom. The Labute approximate surface area is 131 Å². The molecule has 0 bridgehead atoms. The molecule has 118 valence electrons. The maximum Gasteiger partial charge on any atom is 0.262 e. The number of hydrogen-bond acceptors (Lipinski definition) is 3. The Kier molecular flexibility index (Phi) is 4.20. The maximum atomic E-state index is 12.8. The zero-order valence-electron chi connectivity index (χ0n) is 13.5. The van der Waals surface area contributed by atoms with E-state index in [4.69, 9.17) is 0 Å². The largest absolute Gasteiger partial charge is 0.506 e. The minimum atomic E-state index is -3.77. The standard InChI is InChI=1S/C17H21NO3S/c1-10-6-7-15(16(19)8-10)18-22(20,21)17-13(4)11(2)9-12(3)14(17)5/h6-9,18-19H,1-5H3. The molecule has 0 aliphatic carbocycles. The number of aryl methyl sites for hydroxylation is 3. The van der Waals surface area contributed by atoms with Crippen LogP contribution in [-0.4, -0.2) is 13.5 Å². The van der Waals surface area contributed by atoms with E-state index in [1.54, 1.807) is 26.0 Å². The van der Waals surface area contributed by atoms with Crippen molar-refractivity contribution in [3.8, 4) is 5.75 Å². The zero-order chi connectivity index (χ0) is 16.7. The van der Waals surface area contributed by atoms with Crippen LogP contribution in [0.3, 0.4) is 0 Å². The fourth-order valence-electron chi connectivity index (χ4n) is 2.51. The summed E-state index contributed by atoms with van der Waals surface area (Å²) in [5.41, 5.74) is 4.35. The number of hydrogen-bond donors (Lipinski definition) is 2. The van der Waals surface area contributed by atoms with E-state index in [1.165, 1.54) is 6.07 Å². The fourth-order valence-corrected chi connectivity index (χ4v) is 4.20. The Morgan fingerprint density at radius 3 is 1.95 bits per heavy atom. The first-order chi connectivity index (χ1) is 10.1. The molecule has 2 aromatic rings. The lowest BCUT2D eigenvalue weighted by molar-refractivity contribution is 0.477. The van der Waals surface area contributed by atoms with Gasteiger partial charge in [0.15, 0.2) is 0 Å². The molecule has 0 spiro atoms. The summed E-state index contributed by atoms with van der Waals surface area (Å²) in [4.78, 5) is 0.282. The van der Waals surface area contributed by atoms with Crippen LogP contribution >= 0.6 is 0 Å². The molecule has 22 heavy (non-hydrogen) atoms. The summed E-state index contributed by atoms with van der Waals surface area (Å²) >= 11 is 0. The highest BCUT2D eigenvalue weighted by atomic mass is 32.2. The Morgan fingerprint density at radius 2 is 1.45 bits per heavy atom. The molecule has 4 nitrogen and oxygen atoms in total. The van der Waals surface area contributed by atoms with Crippen LogP contribution in [0, 0.1) is 34.6 Å². The van der Waals surface area contributed by atoms with Gasteiger partial charge in [0.1, 0.15) is 5.75 Å². The average molecular weight is 319 g/mol. The number of phenolic OH excluding ortho intramolecular Hbond substituents is 1. The summed E-state index contributed by atoms with van der Waals surface area (Å²) in [5, 5.41) is 9.92. The van der Waals surface area contributed by atoms with Gasteiger partial charge < -0.3 is 5.11 Å². The van der Waals surface area contributed by atoms with Crippen molar-refractivity contribution in [1.82, 2.24) is 0 Å². The van der Waals surface area contributed by atoms with Gasteiger partial charge in [-0.15, -0.1) is 0 Å². The van der Waals surface area contributed by atoms with Gasteiger partial charge in [0.25, 0.3) is 10.0 Å². The molecular formula is C17H21NO3S. The predicted octanol–water partition coefficient (Wildman–Crippen LogP) is 3.74. The van der Waals surface area contributed by atoms with E-state index in [1.807, 2.05) is 26.8 Å². The topological polar surface area (TPSA) is 66.4 Å². The van der Waals surface area contributed by atoms with Crippen molar-refractivity contribution in [1.29, 1.82) is 0 Å². The second kappa shape index (κ2) is 5.65. The molecule has 2 rings (SSSR count). The van der Waals surface area contributed by atoms with E-state index < -0.39 is 10.0 Å². The molecular weight excluding hydrogens is 298 g/mol. The minimum absolute atomic E-state index is 0.0803. The van der Waals surface area contributed by atoms with Crippen LogP contribution in [0.4, 0.5) is 5.69 Å². The molecule has 0 atom stereocenters. The molecule has 2 N–H and O–H groups in total. The van der Waals surface area contributed by atoms with Crippen molar-refractivity contribution in [2.75, 3.05) is 4.72 Å². The lowest BCUT2D eigenvalue weighted by atomic mass is 10.0. The molecule has 0 amide bonds. The van der Waals surface area contributed by atoms with Gasteiger partial charge in [-0.1, -0.05) is 12.1 Å². The Hall–Kier alpha value is -2.01. The van der Waals surface area contributed by atoms with Crippen molar-refractivity contribution in [2.45, 2.75) is 39.5 Å². The lowest BCUT2D eigenvalue weighted by Gasteiger charge is -2.17. The predicted molar refractivity (Wildman–Crippen MR) is 89.0 cm³/mol. The first-order valence-electron chi connectivity index (χ1n) is 7.03. The number of rotatable bonds is 3. The van der Waals surface area contributed by atoms with Gasteiger partial charge in [-0.25, -0.2) is 8.42 Å². The molecule has 0 heterocycles. The Bertz CT molecular complexity index is 813. The van der Waals surface area contributed by atoms with Crippen LogP contribution in [-0.2, 0) is 10.0 Å². The third-order valence-electron chi connectivity index (χ3n) is 3.96. The van der Waals surface area contributed by atoms with E-state index in [0.29, 0.717) is 0 Å². The monoisotopic (exact) mass is 319 g/mol. The first-order valence-corrected chi connectivity index (χ1v) is 8.51. The van der Waals surface area contributed by atoms with E-state index >= 15 is 0 Å².